The number of benzene rings is 3. The van der Waals surface area contributed by atoms with Gasteiger partial charge in [0.1, 0.15) is 11.5 Å². The summed E-state index contributed by atoms with van der Waals surface area (Å²) in [6, 6.07) is 17.8. The molecule has 3 heterocycles. The Labute approximate surface area is 228 Å². The van der Waals surface area contributed by atoms with Crippen LogP contribution in [0, 0.1) is 6.92 Å². The number of hydrogen-bond acceptors (Lipinski definition) is 7. The Morgan fingerprint density at radius 3 is 2.51 bits per heavy atom. The number of nitrogens with zero attached hydrogens (tertiary/aromatic N) is 2. The molecule has 0 bridgehead atoms. The Morgan fingerprint density at radius 2 is 1.77 bits per heavy atom. The molecule has 202 valence electrons. The molecule has 4 aromatic rings. The molecule has 0 saturated carbocycles. The largest absolute Gasteiger partial charge is 0.496 e. The smallest absolute Gasteiger partial charge is 0.268 e. The van der Waals surface area contributed by atoms with Crippen LogP contribution in [0.3, 0.4) is 0 Å². The molecular weight excluding hydrogens is 514 g/mol. The fourth-order valence-electron chi connectivity index (χ4n) is 5.48. The van der Waals surface area contributed by atoms with E-state index in [4.69, 9.17) is 9.47 Å². The number of fused-ring (bicyclic) bond motifs is 2. The summed E-state index contributed by atoms with van der Waals surface area (Å²) in [6.07, 6.45) is 1.12. The highest BCUT2D eigenvalue weighted by molar-refractivity contribution is 7.90. The first-order valence-corrected chi connectivity index (χ1v) is 14.6. The van der Waals surface area contributed by atoms with Crippen LogP contribution in [0.25, 0.3) is 10.9 Å². The Morgan fingerprint density at radius 1 is 1.03 bits per heavy atom. The van der Waals surface area contributed by atoms with Gasteiger partial charge in [-0.2, -0.15) is 0 Å². The average Bonchev–Trinajstić information content (AvgIpc) is 3.48. The molecule has 0 spiro atoms. The van der Waals surface area contributed by atoms with Crippen molar-refractivity contribution in [2.45, 2.75) is 30.9 Å². The molecule has 39 heavy (non-hydrogen) atoms. The quantitative estimate of drug-likeness (QED) is 0.378. The van der Waals surface area contributed by atoms with Gasteiger partial charge in [0.05, 0.1) is 28.6 Å². The van der Waals surface area contributed by atoms with Crippen molar-refractivity contribution < 1.29 is 22.7 Å². The number of carbonyl (C=O) groups excluding carboxylic acids is 1. The summed E-state index contributed by atoms with van der Waals surface area (Å²) < 4.78 is 40.5. The van der Waals surface area contributed by atoms with Gasteiger partial charge in [-0.05, 0) is 42.8 Å². The van der Waals surface area contributed by atoms with Gasteiger partial charge in [-0.1, -0.05) is 35.9 Å². The Balaban J connectivity index is 1.34. The maximum atomic E-state index is 13.6. The topological polar surface area (TPSA) is 89.9 Å². The third kappa shape index (κ3) is 4.60. The molecule has 1 aromatic heterocycles. The molecule has 2 aliphatic rings. The second-order valence-electron chi connectivity index (χ2n) is 10.1. The third-order valence-electron chi connectivity index (χ3n) is 7.59. The highest BCUT2D eigenvalue weighted by Gasteiger charge is 2.37. The summed E-state index contributed by atoms with van der Waals surface area (Å²) in [7, 11) is -2.21. The second-order valence-corrected chi connectivity index (χ2v) is 11.9. The first kappa shape index (κ1) is 25.6. The second kappa shape index (κ2) is 10.1. The monoisotopic (exact) mass is 545 g/mol. The zero-order chi connectivity index (χ0) is 27.1. The van der Waals surface area contributed by atoms with E-state index < -0.39 is 16.1 Å². The van der Waals surface area contributed by atoms with Crippen LogP contribution in [0.5, 0.6) is 11.5 Å². The van der Waals surface area contributed by atoms with Crippen LogP contribution < -0.4 is 14.8 Å². The van der Waals surface area contributed by atoms with Gasteiger partial charge in [0.25, 0.3) is 10.0 Å². The molecule has 1 saturated heterocycles. The zero-order valence-electron chi connectivity index (χ0n) is 22.0. The van der Waals surface area contributed by atoms with Gasteiger partial charge in [-0.25, -0.2) is 12.4 Å². The molecule has 2 aliphatic heterocycles. The number of nitrogens with one attached hydrogen (secondary N) is 1. The summed E-state index contributed by atoms with van der Waals surface area (Å²) in [5, 5.41) is 4.14. The predicted octanol–water partition coefficient (Wildman–Crippen LogP) is 3.79. The minimum atomic E-state index is -3.83. The fourth-order valence-corrected chi connectivity index (χ4v) is 6.87. The van der Waals surface area contributed by atoms with Gasteiger partial charge in [0.15, 0.2) is 6.10 Å². The third-order valence-corrected chi connectivity index (χ3v) is 9.28. The molecule has 6 rings (SSSR count). The van der Waals surface area contributed by atoms with Crippen LogP contribution in [0.15, 0.2) is 71.8 Å². The fraction of sp³-hybridized carbons (Fsp3) is 0.300. The summed E-state index contributed by atoms with van der Waals surface area (Å²) in [5.41, 5.74) is 3.70. The number of piperazine rings is 1. The van der Waals surface area contributed by atoms with Gasteiger partial charge in [0, 0.05) is 50.7 Å². The summed E-state index contributed by atoms with van der Waals surface area (Å²) in [5.74, 6) is 1.16. The molecular formula is C30H31N3O5S. The highest BCUT2D eigenvalue weighted by Crippen LogP contribution is 2.40. The van der Waals surface area contributed by atoms with E-state index in [2.05, 4.69) is 10.2 Å². The Bertz CT molecular complexity index is 1650. The zero-order valence-corrected chi connectivity index (χ0v) is 22.8. The molecule has 9 heteroatoms. The molecule has 0 amide bonds. The van der Waals surface area contributed by atoms with Crippen molar-refractivity contribution in [3.05, 3.63) is 89.1 Å². The minimum absolute atomic E-state index is 0.104. The van der Waals surface area contributed by atoms with Gasteiger partial charge < -0.3 is 14.8 Å². The van der Waals surface area contributed by atoms with E-state index in [1.807, 2.05) is 31.2 Å². The van der Waals surface area contributed by atoms with Crippen molar-refractivity contribution in [1.82, 2.24) is 14.2 Å². The van der Waals surface area contributed by atoms with Crippen molar-refractivity contribution in [2.75, 3.05) is 33.3 Å². The molecule has 0 radical (unpaired) electrons. The lowest BCUT2D eigenvalue weighted by atomic mass is 10.00. The number of carbonyl (C=O) groups is 1. The number of Topliss-reactive ketones (excluding diaryl/α,β-unsaturated/α-hetero) is 1. The molecule has 1 unspecified atom stereocenters. The number of aromatic nitrogens is 1. The number of ketones is 1. The van der Waals surface area contributed by atoms with Crippen molar-refractivity contribution >= 4 is 26.7 Å². The molecule has 3 aromatic carbocycles. The first-order valence-electron chi connectivity index (χ1n) is 13.1. The first-order chi connectivity index (χ1) is 18.9. The summed E-state index contributed by atoms with van der Waals surface area (Å²) in [6.45, 7) is 6.17. The molecule has 0 aliphatic carbocycles. The predicted molar refractivity (Wildman–Crippen MR) is 149 cm³/mol. The van der Waals surface area contributed by atoms with E-state index >= 15 is 0 Å². The van der Waals surface area contributed by atoms with Gasteiger partial charge in [-0.3, -0.25) is 9.69 Å². The van der Waals surface area contributed by atoms with Crippen molar-refractivity contribution in [3.63, 3.8) is 0 Å². The average molecular weight is 546 g/mol. The number of hydrogen-bond donors (Lipinski definition) is 1. The van der Waals surface area contributed by atoms with Crippen LogP contribution in [0.1, 0.15) is 27.0 Å². The Kier molecular flexibility index (Phi) is 6.66. The molecule has 1 fully saturated rings. The lowest BCUT2D eigenvalue weighted by molar-refractivity contribution is 0.0856. The van der Waals surface area contributed by atoms with Crippen molar-refractivity contribution in [3.8, 4) is 11.5 Å². The van der Waals surface area contributed by atoms with E-state index in [1.165, 1.54) is 3.97 Å². The van der Waals surface area contributed by atoms with Crippen LogP contribution in [0.4, 0.5) is 0 Å². The van der Waals surface area contributed by atoms with Crippen molar-refractivity contribution in [2.24, 2.45) is 0 Å². The SMILES string of the molecule is COc1ccc2c(c1CN1CCNCC1)OC(Cc1cn(S(=O)(=O)c3ccc(C)cc3)c3ccccc13)C2=O. The number of para-hydroxylation sites is 1. The van der Waals surface area contributed by atoms with E-state index in [1.54, 1.807) is 49.7 Å². The summed E-state index contributed by atoms with van der Waals surface area (Å²) in [4.78, 5) is 16.1. The lowest BCUT2D eigenvalue weighted by Crippen LogP contribution is -2.43. The van der Waals surface area contributed by atoms with Gasteiger partial charge >= 0.3 is 0 Å². The Hall–Kier alpha value is -3.66. The number of aryl methyl sites for hydroxylation is 1. The van der Waals surface area contributed by atoms with E-state index in [0.717, 1.165) is 48.3 Å². The molecule has 1 atom stereocenters. The lowest BCUT2D eigenvalue weighted by Gasteiger charge is -2.28. The van der Waals surface area contributed by atoms with Crippen LogP contribution in [-0.4, -0.2) is 62.5 Å². The van der Waals surface area contributed by atoms with E-state index in [9.17, 15) is 13.2 Å². The van der Waals surface area contributed by atoms with Gasteiger partial charge in [0.2, 0.25) is 5.78 Å². The maximum absolute atomic E-state index is 13.6. The van der Waals surface area contributed by atoms with Crippen LogP contribution in [-0.2, 0) is 23.0 Å². The van der Waals surface area contributed by atoms with Crippen molar-refractivity contribution in [1.29, 1.82) is 0 Å². The maximum Gasteiger partial charge on any atom is 0.268 e. The molecule has 8 nitrogen and oxygen atoms in total. The number of ether oxygens (including phenoxy) is 2. The normalized spacial score (nSPS) is 17.8. The highest BCUT2D eigenvalue weighted by atomic mass is 32.2. The summed E-state index contributed by atoms with van der Waals surface area (Å²) >= 11 is 0. The van der Waals surface area contributed by atoms with E-state index in [-0.39, 0.29) is 17.1 Å². The minimum Gasteiger partial charge on any atom is -0.496 e. The van der Waals surface area contributed by atoms with Crippen LogP contribution >= 0.6 is 0 Å². The molecule has 1 N–H and O–H groups in total. The van der Waals surface area contributed by atoms with E-state index in [0.29, 0.717) is 29.1 Å². The van der Waals surface area contributed by atoms with Crippen LogP contribution in [0.2, 0.25) is 0 Å². The van der Waals surface area contributed by atoms with Gasteiger partial charge in [-0.15, -0.1) is 0 Å². The number of rotatable bonds is 7. The standard InChI is InChI=1S/C30H31N3O5S/c1-20-7-9-22(10-8-20)39(35,36)33-18-21(23-5-3-4-6-26(23)33)17-28-29(34)24-11-12-27(37-2)25(30(24)38-28)19-32-15-13-31-14-16-32/h3-12,18,28,31H,13-17,19H2,1-2H3. The number of methoxy groups -OCH3 is 1.